The lowest BCUT2D eigenvalue weighted by Crippen LogP contribution is -2.31. The molecule has 0 saturated heterocycles. The Balaban J connectivity index is 2.94. The van der Waals surface area contributed by atoms with Gasteiger partial charge in [-0.3, -0.25) is 4.79 Å². The van der Waals surface area contributed by atoms with E-state index in [1.807, 2.05) is 13.8 Å². The van der Waals surface area contributed by atoms with E-state index >= 15 is 0 Å². The molecule has 5 nitrogen and oxygen atoms in total. The molecule has 0 bridgehead atoms. The van der Waals surface area contributed by atoms with Gasteiger partial charge in [0.25, 0.3) is 5.91 Å². The van der Waals surface area contributed by atoms with Gasteiger partial charge >= 0.3 is 5.97 Å². The second-order valence-corrected chi connectivity index (χ2v) is 3.61. The maximum atomic E-state index is 12.1. The molecule has 0 aliphatic carbocycles. The number of hydrogen-bond acceptors (Lipinski definition) is 4. The molecule has 0 radical (unpaired) electrons. The number of amides is 1. The second kappa shape index (κ2) is 6.74. The number of esters is 1. The molecule has 0 saturated carbocycles. The zero-order chi connectivity index (χ0) is 13.5. The standard InChI is InChI=1S/C13H18N2O3/c1-4-15(5-2)12(16)10-8-7-9-11(14-10)13(17)18-6-3/h7-9H,4-6H2,1-3H3. The molecular formula is C13H18N2O3. The fourth-order valence-corrected chi connectivity index (χ4v) is 1.55. The van der Waals surface area contributed by atoms with E-state index in [1.54, 1.807) is 24.0 Å². The molecule has 0 atom stereocenters. The van der Waals surface area contributed by atoms with Crippen LogP contribution >= 0.6 is 0 Å². The van der Waals surface area contributed by atoms with Crippen LogP contribution in [0.1, 0.15) is 41.7 Å². The topological polar surface area (TPSA) is 59.5 Å². The average Bonchev–Trinajstić information content (AvgIpc) is 2.40. The molecule has 0 fully saturated rings. The summed E-state index contributed by atoms with van der Waals surface area (Å²) in [5.74, 6) is -0.683. The van der Waals surface area contributed by atoms with Crippen LogP contribution in [-0.4, -0.2) is 41.5 Å². The SMILES string of the molecule is CCOC(=O)c1cccc(C(=O)N(CC)CC)n1. The summed E-state index contributed by atoms with van der Waals surface area (Å²) < 4.78 is 4.85. The van der Waals surface area contributed by atoms with E-state index in [0.29, 0.717) is 13.1 Å². The molecule has 0 N–H and O–H groups in total. The highest BCUT2D eigenvalue weighted by Crippen LogP contribution is 2.05. The van der Waals surface area contributed by atoms with Crippen molar-refractivity contribution in [3.05, 3.63) is 29.6 Å². The number of rotatable bonds is 5. The first-order valence-electron chi connectivity index (χ1n) is 6.07. The molecule has 98 valence electrons. The summed E-state index contributed by atoms with van der Waals surface area (Å²) in [5.41, 5.74) is 0.430. The van der Waals surface area contributed by atoms with Gasteiger partial charge in [0.2, 0.25) is 0 Å². The van der Waals surface area contributed by atoms with Gasteiger partial charge in [-0.15, -0.1) is 0 Å². The lowest BCUT2D eigenvalue weighted by Gasteiger charge is -2.18. The van der Waals surface area contributed by atoms with E-state index in [2.05, 4.69) is 4.98 Å². The Hall–Kier alpha value is -1.91. The third kappa shape index (κ3) is 3.29. The number of nitrogens with zero attached hydrogens (tertiary/aromatic N) is 2. The van der Waals surface area contributed by atoms with Crippen molar-refractivity contribution in [1.82, 2.24) is 9.88 Å². The lowest BCUT2D eigenvalue weighted by molar-refractivity contribution is 0.0519. The molecule has 1 aromatic heterocycles. The van der Waals surface area contributed by atoms with Crippen LogP contribution in [0.5, 0.6) is 0 Å². The Kier molecular flexibility index (Phi) is 5.30. The van der Waals surface area contributed by atoms with Crippen molar-refractivity contribution in [3.8, 4) is 0 Å². The van der Waals surface area contributed by atoms with Gasteiger partial charge in [0.1, 0.15) is 11.4 Å². The van der Waals surface area contributed by atoms with Crippen LogP contribution in [0.4, 0.5) is 0 Å². The van der Waals surface area contributed by atoms with Gasteiger partial charge in [-0.1, -0.05) is 6.07 Å². The van der Waals surface area contributed by atoms with Gasteiger partial charge in [0, 0.05) is 13.1 Å². The first kappa shape index (κ1) is 14.2. The van der Waals surface area contributed by atoms with Crippen LogP contribution in [0.2, 0.25) is 0 Å². The normalized spacial score (nSPS) is 9.94. The largest absolute Gasteiger partial charge is 0.461 e. The van der Waals surface area contributed by atoms with Gasteiger partial charge in [0.05, 0.1) is 6.61 Å². The zero-order valence-corrected chi connectivity index (χ0v) is 11.0. The van der Waals surface area contributed by atoms with Crippen molar-refractivity contribution in [3.63, 3.8) is 0 Å². The van der Waals surface area contributed by atoms with Crippen LogP contribution in [0.15, 0.2) is 18.2 Å². The van der Waals surface area contributed by atoms with Gasteiger partial charge in [0.15, 0.2) is 0 Å². The summed E-state index contributed by atoms with van der Waals surface area (Å²) in [4.78, 5) is 29.3. The summed E-state index contributed by atoms with van der Waals surface area (Å²) in [5, 5.41) is 0. The van der Waals surface area contributed by atoms with Crippen molar-refractivity contribution < 1.29 is 14.3 Å². The van der Waals surface area contributed by atoms with E-state index < -0.39 is 5.97 Å². The Morgan fingerprint density at radius 3 is 2.33 bits per heavy atom. The van der Waals surface area contributed by atoms with Crippen LogP contribution in [0, 0.1) is 0 Å². The summed E-state index contributed by atoms with van der Waals surface area (Å²) in [7, 11) is 0. The Morgan fingerprint density at radius 1 is 1.17 bits per heavy atom. The predicted octanol–water partition coefficient (Wildman–Crippen LogP) is 1.74. The first-order valence-corrected chi connectivity index (χ1v) is 6.07. The van der Waals surface area contributed by atoms with Crippen molar-refractivity contribution in [1.29, 1.82) is 0 Å². The Labute approximate surface area is 107 Å². The summed E-state index contributed by atoms with van der Waals surface area (Å²) in [6.45, 7) is 7.03. The van der Waals surface area contributed by atoms with E-state index in [4.69, 9.17) is 4.74 Å². The van der Waals surface area contributed by atoms with E-state index in [9.17, 15) is 9.59 Å². The van der Waals surface area contributed by atoms with E-state index in [-0.39, 0.29) is 23.9 Å². The minimum Gasteiger partial charge on any atom is -0.461 e. The predicted molar refractivity (Wildman–Crippen MR) is 67.4 cm³/mol. The molecule has 18 heavy (non-hydrogen) atoms. The molecule has 0 unspecified atom stereocenters. The first-order chi connectivity index (χ1) is 8.63. The Bertz CT molecular complexity index is 428. The molecule has 5 heteroatoms. The van der Waals surface area contributed by atoms with Crippen molar-refractivity contribution >= 4 is 11.9 Å². The average molecular weight is 250 g/mol. The monoisotopic (exact) mass is 250 g/mol. The van der Waals surface area contributed by atoms with Crippen LogP contribution in [0.3, 0.4) is 0 Å². The molecule has 0 aliphatic heterocycles. The molecule has 0 aliphatic rings. The van der Waals surface area contributed by atoms with Crippen LogP contribution in [0.25, 0.3) is 0 Å². The highest BCUT2D eigenvalue weighted by molar-refractivity contribution is 5.94. The number of carbonyl (C=O) groups is 2. The van der Waals surface area contributed by atoms with Gasteiger partial charge in [-0.25, -0.2) is 9.78 Å². The van der Waals surface area contributed by atoms with Crippen LogP contribution < -0.4 is 0 Å². The third-order valence-corrected chi connectivity index (χ3v) is 2.50. The molecule has 1 amide bonds. The summed E-state index contributed by atoms with van der Waals surface area (Å²) in [6.07, 6.45) is 0. The molecule has 1 aromatic rings. The number of pyridine rings is 1. The maximum absolute atomic E-state index is 12.1. The quantitative estimate of drug-likeness (QED) is 0.747. The lowest BCUT2D eigenvalue weighted by atomic mass is 10.2. The molecule has 0 spiro atoms. The highest BCUT2D eigenvalue weighted by atomic mass is 16.5. The fraction of sp³-hybridized carbons (Fsp3) is 0.462. The fourth-order valence-electron chi connectivity index (χ4n) is 1.55. The summed E-state index contributed by atoms with van der Waals surface area (Å²) in [6, 6.07) is 4.77. The number of hydrogen-bond donors (Lipinski definition) is 0. The van der Waals surface area contributed by atoms with Crippen molar-refractivity contribution in [2.24, 2.45) is 0 Å². The van der Waals surface area contributed by atoms with Crippen LogP contribution in [-0.2, 0) is 4.74 Å². The third-order valence-electron chi connectivity index (χ3n) is 2.50. The number of aromatic nitrogens is 1. The zero-order valence-electron chi connectivity index (χ0n) is 11.0. The van der Waals surface area contributed by atoms with E-state index in [0.717, 1.165) is 0 Å². The van der Waals surface area contributed by atoms with Crippen molar-refractivity contribution in [2.75, 3.05) is 19.7 Å². The second-order valence-electron chi connectivity index (χ2n) is 3.61. The molecular weight excluding hydrogens is 232 g/mol. The molecule has 1 rings (SSSR count). The smallest absolute Gasteiger partial charge is 0.356 e. The number of ether oxygens (including phenoxy) is 1. The minimum atomic E-state index is -0.508. The number of carbonyl (C=O) groups excluding carboxylic acids is 2. The van der Waals surface area contributed by atoms with Gasteiger partial charge in [-0.05, 0) is 32.9 Å². The minimum absolute atomic E-state index is 0.162. The summed E-state index contributed by atoms with van der Waals surface area (Å²) >= 11 is 0. The van der Waals surface area contributed by atoms with Gasteiger partial charge < -0.3 is 9.64 Å². The molecule has 0 aromatic carbocycles. The molecule has 1 heterocycles. The maximum Gasteiger partial charge on any atom is 0.356 e. The highest BCUT2D eigenvalue weighted by Gasteiger charge is 2.16. The van der Waals surface area contributed by atoms with Gasteiger partial charge in [-0.2, -0.15) is 0 Å². The van der Waals surface area contributed by atoms with Crippen molar-refractivity contribution in [2.45, 2.75) is 20.8 Å². The van der Waals surface area contributed by atoms with E-state index in [1.165, 1.54) is 6.07 Å². The Morgan fingerprint density at radius 2 is 1.78 bits per heavy atom.